The number of carboxylic acid groups (broad SMARTS) is 1. The fourth-order valence-corrected chi connectivity index (χ4v) is 5.59. The summed E-state index contributed by atoms with van der Waals surface area (Å²) in [6.45, 7) is 4.86. The minimum absolute atomic E-state index is 0.115. The second kappa shape index (κ2) is 11.3. The van der Waals surface area contributed by atoms with Gasteiger partial charge in [-0.05, 0) is 49.7 Å². The van der Waals surface area contributed by atoms with Gasteiger partial charge < -0.3 is 30.9 Å². The van der Waals surface area contributed by atoms with Crippen LogP contribution in [0.25, 0.3) is 10.9 Å². The maximum atomic E-state index is 13.5. The Morgan fingerprint density at radius 3 is 2.46 bits per heavy atom. The quantitative estimate of drug-likeness (QED) is 0.402. The second-order valence-electron chi connectivity index (χ2n) is 10.6. The van der Waals surface area contributed by atoms with Gasteiger partial charge in [0.2, 0.25) is 17.7 Å². The molecule has 4 atom stereocenters. The summed E-state index contributed by atoms with van der Waals surface area (Å²) in [6.07, 6.45) is 4.73. The number of H-pyrrole nitrogens is 1. The minimum atomic E-state index is -1.14. The van der Waals surface area contributed by atoms with Crippen molar-refractivity contribution in [3.63, 3.8) is 0 Å². The van der Waals surface area contributed by atoms with Crippen molar-refractivity contribution < 1.29 is 24.3 Å². The topological polar surface area (TPSA) is 149 Å². The van der Waals surface area contributed by atoms with E-state index in [-0.39, 0.29) is 24.2 Å². The molecule has 4 rings (SSSR count). The first-order valence-electron chi connectivity index (χ1n) is 13.1. The molecule has 1 aromatic heterocycles. The van der Waals surface area contributed by atoms with Crippen molar-refractivity contribution in [3.05, 3.63) is 36.0 Å². The van der Waals surface area contributed by atoms with Crippen molar-refractivity contribution in [1.29, 1.82) is 0 Å². The summed E-state index contributed by atoms with van der Waals surface area (Å²) >= 11 is 0. The molecule has 10 heteroatoms. The Morgan fingerprint density at radius 1 is 1.08 bits per heavy atom. The van der Waals surface area contributed by atoms with E-state index in [9.17, 15) is 24.3 Å². The molecule has 37 heavy (non-hydrogen) atoms. The minimum Gasteiger partial charge on any atom is -0.480 e. The van der Waals surface area contributed by atoms with Crippen molar-refractivity contribution >= 4 is 34.6 Å². The van der Waals surface area contributed by atoms with Crippen molar-refractivity contribution in [2.45, 2.75) is 76.5 Å². The lowest BCUT2D eigenvalue weighted by molar-refractivity contribution is -0.148. The Balaban J connectivity index is 1.44. The molecule has 0 radical (unpaired) electrons. The van der Waals surface area contributed by atoms with E-state index in [1.807, 2.05) is 38.1 Å². The van der Waals surface area contributed by atoms with Gasteiger partial charge in [0.05, 0.1) is 6.04 Å². The average Bonchev–Trinajstić information content (AvgIpc) is 3.62. The number of nitrogens with one attached hydrogen (secondary N) is 2. The third-order valence-corrected chi connectivity index (χ3v) is 7.42. The van der Waals surface area contributed by atoms with Gasteiger partial charge >= 0.3 is 5.97 Å². The molecule has 2 saturated heterocycles. The molecule has 3 amide bonds. The largest absolute Gasteiger partial charge is 0.480 e. The summed E-state index contributed by atoms with van der Waals surface area (Å²) in [7, 11) is 0. The summed E-state index contributed by atoms with van der Waals surface area (Å²) in [5.41, 5.74) is 7.81. The van der Waals surface area contributed by atoms with E-state index in [0.29, 0.717) is 45.2 Å². The Hall–Kier alpha value is -3.40. The summed E-state index contributed by atoms with van der Waals surface area (Å²) in [6, 6.07) is 4.38. The molecule has 1 aromatic carbocycles. The smallest absolute Gasteiger partial charge is 0.326 e. The van der Waals surface area contributed by atoms with Gasteiger partial charge in [0.15, 0.2) is 0 Å². The summed E-state index contributed by atoms with van der Waals surface area (Å²) in [5.74, 6) is -1.85. The number of carbonyl (C=O) groups is 4. The number of aromatic amines is 1. The van der Waals surface area contributed by atoms with E-state index in [1.165, 1.54) is 4.90 Å². The molecular formula is C27H37N5O5. The van der Waals surface area contributed by atoms with Crippen LogP contribution in [-0.4, -0.2) is 80.8 Å². The van der Waals surface area contributed by atoms with Crippen LogP contribution in [0.4, 0.5) is 0 Å². The number of hydrogen-bond acceptors (Lipinski definition) is 5. The molecule has 0 spiro atoms. The van der Waals surface area contributed by atoms with E-state index in [0.717, 1.165) is 16.5 Å². The van der Waals surface area contributed by atoms with E-state index in [4.69, 9.17) is 5.73 Å². The number of carbonyl (C=O) groups excluding carboxylic acids is 3. The van der Waals surface area contributed by atoms with Gasteiger partial charge in [-0.25, -0.2) is 4.79 Å². The Bertz CT molecular complexity index is 1160. The van der Waals surface area contributed by atoms with Crippen LogP contribution in [0.15, 0.2) is 30.5 Å². The normalized spacial score (nSPS) is 21.4. The van der Waals surface area contributed by atoms with Crippen LogP contribution in [-0.2, 0) is 25.6 Å². The molecule has 3 heterocycles. The van der Waals surface area contributed by atoms with Crippen LogP contribution in [0.5, 0.6) is 0 Å². The van der Waals surface area contributed by atoms with Gasteiger partial charge in [-0.3, -0.25) is 14.4 Å². The van der Waals surface area contributed by atoms with Crippen molar-refractivity contribution in [2.24, 2.45) is 11.7 Å². The van der Waals surface area contributed by atoms with Crippen molar-refractivity contribution in [3.8, 4) is 0 Å². The van der Waals surface area contributed by atoms with Gasteiger partial charge in [-0.15, -0.1) is 0 Å². The van der Waals surface area contributed by atoms with E-state index in [2.05, 4.69) is 10.3 Å². The molecule has 5 N–H and O–H groups in total. The Kier molecular flexibility index (Phi) is 8.16. The molecule has 4 unspecified atom stereocenters. The van der Waals surface area contributed by atoms with E-state index < -0.39 is 36.0 Å². The number of nitrogens with zero attached hydrogens (tertiary/aromatic N) is 2. The molecule has 2 aliphatic heterocycles. The number of benzene rings is 1. The third-order valence-electron chi connectivity index (χ3n) is 7.42. The highest BCUT2D eigenvalue weighted by Gasteiger charge is 2.43. The van der Waals surface area contributed by atoms with Crippen LogP contribution in [0.2, 0.25) is 0 Å². The van der Waals surface area contributed by atoms with Crippen molar-refractivity contribution in [1.82, 2.24) is 20.1 Å². The number of nitrogens with two attached hydrogens (primary N) is 1. The standard InChI is InChI=1S/C27H37N5O5/c1-16(2)13-19(28)25(34)32-12-6-10-23(32)26(35)31-11-5-9-22(31)24(33)30-21(27(36)37)14-17-15-29-20-8-4-3-7-18(17)20/h3-4,7-8,15-16,19,21-23,29H,5-6,9-14,28H2,1-2H3,(H,30,33)(H,36,37). The van der Waals surface area contributed by atoms with Gasteiger partial charge in [0.1, 0.15) is 18.1 Å². The lowest BCUT2D eigenvalue weighted by atomic mass is 10.0. The molecule has 10 nitrogen and oxygen atoms in total. The third kappa shape index (κ3) is 5.79. The maximum Gasteiger partial charge on any atom is 0.326 e. The second-order valence-corrected chi connectivity index (χ2v) is 10.6. The molecule has 0 saturated carbocycles. The SMILES string of the molecule is CC(C)CC(N)C(=O)N1CCCC1C(=O)N1CCCC1C(=O)NC(Cc1c[nH]c2ccccc12)C(=O)O. The maximum absolute atomic E-state index is 13.5. The Morgan fingerprint density at radius 2 is 1.76 bits per heavy atom. The number of hydrogen-bond donors (Lipinski definition) is 4. The first-order chi connectivity index (χ1) is 17.7. The van der Waals surface area contributed by atoms with Gasteiger partial charge in [0, 0.05) is 36.6 Å². The number of aliphatic carboxylic acids is 1. The monoisotopic (exact) mass is 511 g/mol. The highest BCUT2D eigenvalue weighted by Crippen LogP contribution is 2.26. The highest BCUT2D eigenvalue weighted by molar-refractivity contribution is 5.95. The lowest BCUT2D eigenvalue weighted by Gasteiger charge is -2.32. The van der Waals surface area contributed by atoms with Crippen LogP contribution in [0.1, 0.15) is 51.5 Å². The van der Waals surface area contributed by atoms with E-state index >= 15 is 0 Å². The van der Waals surface area contributed by atoms with E-state index in [1.54, 1.807) is 11.1 Å². The number of fused-ring (bicyclic) bond motifs is 1. The summed E-state index contributed by atoms with van der Waals surface area (Å²) < 4.78 is 0. The molecule has 2 aromatic rings. The fraction of sp³-hybridized carbons (Fsp3) is 0.556. The average molecular weight is 512 g/mol. The molecule has 200 valence electrons. The van der Waals surface area contributed by atoms with Crippen LogP contribution in [0, 0.1) is 5.92 Å². The van der Waals surface area contributed by atoms with Crippen molar-refractivity contribution in [2.75, 3.05) is 13.1 Å². The Labute approximate surface area is 216 Å². The van der Waals surface area contributed by atoms with Crippen LogP contribution >= 0.6 is 0 Å². The molecule has 0 aliphatic carbocycles. The summed E-state index contributed by atoms with van der Waals surface area (Å²) in [5, 5.41) is 13.4. The number of para-hydroxylation sites is 1. The van der Waals surface area contributed by atoms with Crippen LogP contribution in [0.3, 0.4) is 0 Å². The number of carboxylic acids is 1. The number of rotatable bonds is 9. The lowest BCUT2D eigenvalue weighted by Crippen LogP contribution is -2.56. The molecule has 2 aliphatic rings. The predicted octanol–water partition coefficient (Wildman–Crippen LogP) is 1.64. The van der Waals surface area contributed by atoms with Crippen LogP contribution < -0.4 is 11.1 Å². The molecule has 2 fully saturated rings. The number of likely N-dealkylation sites (tertiary alicyclic amines) is 2. The number of amides is 3. The summed E-state index contributed by atoms with van der Waals surface area (Å²) in [4.78, 5) is 58.0. The zero-order valence-electron chi connectivity index (χ0n) is 21.5. The highest BCUT2D eigenvalue weighted by atomic mass is 16.4. The zero-order valence-corrected chi connectivity index (χ0v) is 21.5. The first kappa shape index (κ1) is 26.7. The van der Waals surface area contributed by atoms with Gasteiger partial charge in [-0.1, -0.05) is 32.0 Å². The number of aromatic nitrogens is 1. The predicted molar refractivity (Wildman–Crippen MR) is 138 cm³/mol. The van der Waals surface area contributed by atoms with Gasteiger partial charge in [0.25, 0.3) is 0 Å². The zero-order chi connectivity index (χ0) is 26.7. The molecule has 0 bridgehead atoms. The van der Waals surface area contributed by atoms with Gasteiger partial charge in [-0.2, -0.15) is 0 Å². The molecular weight excluding hydrogens is 474 g/mol. The fourth-order valence-electron chi connectivity index (χ4n) is 5.59. The first-order valence-corrected chi connectivity index (χ1v) is 13.1.